The van der Waals surface area contributed by atoms with Gasteiger partial charge in [-0.25, -0.2) is 0 Å². The minimum atomic E-state index is -0.654. The number of hydrogen-bond acceptors (Lipinski definition) is 4. The molecule has 16 heavy (non-hydrogen) atoms. The van der Waals surface area contributed by atoms with Crippen molar-refractivity contribution in [2.24, 2.45) is 0 Å². The molecule has 0 aliphatic rings. The highest BCUT2D eigenvalue weighted by Crippen LogP contribution is 2.13. The highest BCUT2D eigenvalue weighted by atomic mass is 16.3. The molecule has 2 rings (SSSR count). The summed E-state index contributed by atoms with van der Waals surface area (Å²) in [6.45, 7) is 2.08. The molecule has 0 aliphatic carbocycles. The second-order valence-corrected chi connectivity index (χ2v) is 3.63. The Bertz CT molecular complexity index is 424. The van der Waals surface area contributed by atoms with Crippen LogP contribution >= 0.6 is 0 Å². The maximum absolute atomic E-state index is 9.83. The molecule has 0 saturated carbocycles. The van der Waals surface area contributed by atoms with Gasteiger partial charge in [0.2, 0.25) is 0 Å². The number of aliphatic hydroxyl groups is 1. The van der Waals surface area contributed by atoms with Crippen molar-refractivity contribution in [1.82, 2.24) is 20.4 Å². The summed E-state index contributed by atoms with van der Waals surface area (Å²) in [5.74, 6) is 0. The maximum atomic E-state index is 9.83. The third kappa shape index (κ3) is 2.43. The van der Waals surface area contributed by atoms with Crippen molar-refractivity contribution >= 4 is 0 Å². The van der Waals surface area contributed by atoms with Crippen LogP contribution in [0.4, 0.5) is 0 Å². The van der Waals surface area contributed by atoms with Crippen LogP contribution in [0.2, 0.25) is 0 Å². The normalized spacial score (nSPS) is 12.6. The Balaban J connectivity index is 2.03. The molecule has 0 bridgehead atoms. The van der Waals surface area contributed by atoms with E-state index in [1.54, 1.807) is 0 Å². The van der Waals surface area contributed by atoms with E-state index in [1.807, 2.05) is 18.3 Å². The summed E-state index contributed by atoms with van der Waals surface area (Å²) in [6, 6.07) is 3.96. The molecule has 1 unspecified atom stereocenters. The number of aromatic nitrogens is 4. The molecule has 0 amide bonds. The first kappa shape index (κ1) is 10.8. The van der Waals surface area contributed by atoms with Crippen LogP contribution < -0.4 is 0 Å². The first-order valence-corrected chi connectivity index (χ1v) is 5.27. The monoisotopic (exact) mass is 218 g/mol. The SMILES string of the molecule is CCc1ccc(CC(O)c2cn[nH]n2)nc1. The molecule has 84 valence electrons. The van der Waals surface area contributed by atoms with E-state index in [-0.39, 0.29) is 0 Å². The summed E-state index contributed by atoms with van der Waals surface area (Å²) in [4.78, 5) is 4.28. The van der Waals surface area contributed by atoms with E-state index < -0.39 is 6.10 Å². The topological polar surface area (TPSA) is 74.7 Å². The molecule has 0 spiro atoms. The Hall–Kier alpha value is -1.75. The van der Waals surface area contributed by atoms with Gasteiger partial charge in [0.25, 0.3) is 0 Å². The van der Waals surface area contributed by atoms with Crippen LogP contribution in [0.1, 0.15) is 30.0 Å². The van der Waals surface area contributed by atoms with Crippen LogP contribution in [0.5, 0.6) is 0 Å². The molecule has 2 aromatic rings. The van der Waals surface area contributed by atoms with Gasteiger partial charge in [0.05, 0.1) is 6.20 Å². The number of aromatic amines is 1. The first-order valence-electron chi connectivity index (χ1n) is 5.27. The second-order valence-electron chi connectivity index (χ2n) is 3.63. The summed E-state index contributed by atoms with van der Waals surface area (Å²) >= 11 is 0. The van der Waals surface area contributed by atoms with E-state index >= 15 is 0 Å². The summed E-state index contributed by atoms with van der Waals surface area (Å²) in [5.41, 5.74) is 2.59. The third-order valence-corrected chi connectivity index (χ3v) is 2.47. The number of rotatable bonds is 4. The highest BCUT2D eigenvalue weighted by Gasteiger charge is 2.11. The van der Waals surface area contributed by atoms with Gasteiger partial charge < -0.3 is 5.11 Å². The number of nitrogens with zero attached hydrogens (tertiary/aromatic N) is 3. The smallest absolute Gasteiger partial charge is 0.111 e. The molecule has 2 aromatic heterocycles. The van der Waals surface area contributed by atoms with Gasteiger partial charge in [0.15, 0.2) is 0 Å². The number of pyridine rings is 1. The van der Waals surface area contributed by atoms with E-state index in [4.69, 9.17) is 0 Å². The molecule has 2 heterocycles. The fraction of sp³-hybridized carbons (Fsp3) is 0.364. The number of aliphatic hydroxyl groups excluding tert-OH is 1. The number of H-pyrrole nitrogens is 1. The van der Waals surface area contributed by atoms with E-state index in [2.05, 4.69) is 27.3 Å². The van der Waals surface area contributed by atoms with E-state index in [0.29, 0.717) is 12.1 Å². The molecular weight excluding hydrogens is 204 g/mol. The van der Waals surface area contributed by atoms with E-state index in [0.717, 1.165) is 12.1 Å². The largest absolute Gasteiger partial charge is 0.386 e. The maximum Gasteiger partial charge on any atom is 0.111 e. The van der Waals surface area contributed by atoms with Crippen molar-refractivity contribution in [3.63, 3.8) is 0 Å². The Morgan fingerprint density at radius 3 is 2.81 bits per heavy atom. The van der Waals surface area contributed by atoms with Crippen LogP contribution in [-0.4, -0.2) is 25.5 Å². The molecule has 0 fully saturated rings. The molecule has 0 aromatic carbocycles. The van der Waals surface area contributed by atoms with Gasteiger partial charge in [-0.1, -0.05) is 13.0 Å². The molecule has 0 saturated heterocycles. The van der Waals surface area contributed by atoms with E-state index in [1.165, 1.54) is 11.8 Å². The van der Waals surface area contributed by atoms with Crippen LogP contribution in [0.25, 0.3) is 0 Å². The number of nitrogens with one attached hydrogen (secondary N) is 1. The summed E-state index contributed by atoms with van der Waals surface area (Å²) in [5, 5.41) is 19.8. The standard InChI is InChI=1S/C11H14N4O/c1-2-8-3-4-9(12-6-8)5-11(16)10-7-13-15-14-10/h3-4,6-7,11,16H,2,5H2,1H3,(H,13,14,15). The van der Waals surface area contributed by atoms with Crippen LogP contribution in [0, 0.1) is 0 Å². The Morgan fingerprint density at radius 2 is 2.25 bits per heavy atom. The Morgan fingerprint density at radius 1 is 1.38 bits per heavy atom. The van der Waals surface area contributed by atoms with Gasteiger partial charge in [-0.2, -0.15) is 15.4 Å². The van der Waals surface area contributed by atoms with E-state index in [9.17, 15) is 5.11 Å². The van der Waals surface area contributed by atoms with Gasteiger partial charge in [-0.05, 0) is 18.1 Å². The lowest BCUT2D eigenvalue weighted by molar-refractivity contribution is 0.172. The Kier molecular flexibility index (Phi) is 3.26. The Labute approximate surface area is 93.5 Å². The molecule has 5 nitrogen and oxygen atoms in total. The zero-order valence-electron chi connectivity index (χ0n) is 9.09. The lowest BCUT2D eigenvalue weighted by Crippen LogP contribution is -2.04. The van der Waals surface area contributed by atoms with Crippen molar-refractivity contribution in [3.05, 3.63) is 41.5 Å². The molecule has 1 atom stereocenters. The lowest BCUT2D eigenvalue weighted by atomic mass is 10.1. The molecular formula is C11H14N4O. The molecule has 5 heteroatoms. The van der Waals surface area contributed by atoms with Crippen LogP contribution in [0.15, 0.2) is 24.5 Å². The zero-order valence-corrected chi connectivity index (χ0v) is 9.09. The summed E-state index contributed by atoms with van der Waals surface area (Å²) < 4.78 is 0. The van der Waals surface area contributed by atoms with Gasteiger partial charge in [-0.3, -0.25) is 4.98 Å². The van der Waals surface area contributed by atoms with Crippen molar-refractivity contribution in [1.29, 1.82) is 0 Å². The average Bonchev–Trinajstić information content (AvgIpc) is 2.83. The van der Waals surface area contributed by atoms with Crippen molar-refractivity contribution < 1.29 is 5.11 Å². The molecule has 0 aliphatic heterocycles. The van der Waals surface area contributed by atoms with Crippen molar-refractivity contribution in [2.75, 3.05) is 0 Å². The van der Waals surface area contributed by atoms with Gasteiger partial charge in [-0.15, -0.1) is 0 Å². The number of aryl methyl sites for hydroxylation is 1. The third-order valence-electron chi connectivity index (χ3n) is 2.47. The fourth-order valence-electron chi connectivity index (χ4n) is 1.46. The minimum Gasteiger partial charge on any atom is -0.386 e. The fourth-order valence-corrected chi connectivity index (χ4v) is 1.46. The van der Waals surface area contributed by atoms with Crippen LogP contribution in [-0.2, 0) is 12.8 Å². The summed E-state index contributed by atoms with van der Waals surface area (Å²) in [6.07, 6.45) is 4.13. The highest BCUT2D eigenvalue weighted by molar-refractivity contribution is 5.15. The predicted octanol–water partition coefficient (Wildman–Crippen LogP) is 1.04. The predicted molar refractivity (Wildman–Crippen MR) is 58.7 cm³/mol. The van der Waals surface area contributed by atoms with Gasteiger partial charge >= 0.3 is 0 Å². The average molecular weight is 218 g/mol. The molecule has 2 N–H and O–H groups in total. The molecule has 0 radical (unpaired) electrons. The van der Waals surface area contributed by atoms with Gasteiger partial charge in [0.1, 0.15) is 11.8 Å². The first-order chi connectivity index (χ1) is 7.79. The zero-order chi connectivity index (χ0) is 11.4. The van der Waals surface area contributed by atoms with Crippen molar-refractivity contribution in [2.45, 2.75) is 25.9 Å². The quantitative estimate of drug-likeness (QED) is 0.804. The number of hydrogen-bond donors (Lipinski definition) is 2. The second kappa shape index (κ2) is 4.85. The summed E-state index contributed by atoms with van der Waals surface area (Å²) in [7, 11) is 0. The van der Waals surface area contributed by atoms with Crippen LogP contribution in [0.3, 0.4) is 0 Å². The lowest BCUT2D eigenvalue weighted by Gasteiger charge is -2.06. The minimum absolute atomic E-state index is 0.455. The van der Waals surface area contributed by atoms with Crippen molar-refractivity contribution in [3.8, 4) is 0 Å². The van der Waals surface area contributed by atoms with Gasteiger partial charge in [0, 0.05) is 18.3 Å².